The average molecular weight is 255 g/mol. The smallest absolute Gasteiger partial charge is 0.0757 e. The van der Waals surface area contributed by atoms with Crippen molar-refractivity contribution in [3.05, 3.63) is 36.0 Å². The highest BCUT2D eigenvalue weighted by Crippen LogP contribution is 2.30. The molecule has 2 heterocycles. The van der Waals surface area contributed by atoms with Crippen LogP contribution in [-0.2, 0) is 0 Å². The number of rotatable bonds is 2. The molecule has 0 radical (unpaired) electrons. The minimum atomic E-state index is 0.509. The van der Waals surface area contributed by atoms with Crippen molar-refractivity contribution in [2.24, 2.45) is 0 Å². The third-order valence-electron chi connectivity index (χ3n) is 3.86. The molecular weight excluding hydrogens is 234 g/mol. The van der Waals surface area contributed by atoms with Gasteiger partial charge >= 0.3 is 0 Å². The van der Waals surface area contributed by atoms with Crippen LogP contribution in [0.25, 0.3) is 10.9 Å². The van der Waals surface area contributed by atoms with Crippen LogP contribution in [0.5, 0.6) is 0 Å². The summed E-state index contributed by atoms with van der Waals surface area (Å²) in [6, 6.07) is 8.70. The number of nitrogens with zero attached hydrogens (tertiary/aromatic N) is 2. The molecule has 1 aromatic carbocycles. The summed E-state index contributed by atoms with van der Waals surface area (Å²) >= 11 is 0. The van der Waals surface area contributed by atoms with Crippen LogP contribution in [0.15, 0.2) is 30.5 Å². The maximum absolute atomic E-state index is 4.62. The van der Waals surface area contributed by atoms with E-state index in [0.29, 0.717) is 5.92 Å². The molecule has 2 aromatic rings. The van der Waals surface area contributed by atoms with Crippen LogP contribution < -0.4 is 10.2 Å². The Bertz CT molecular complexity index is 571. The van der Waals surface area contributed by atoms with Crippen molar-refractivity contribution in [3.63, 3.8) is 0 Å². The second-order valence-corrected chi connectivity index (χ2v) is 5.47. The van der Waals surface area contributed by atoms with Crippen molar-refractivity contribution >= 4 is 16.6 Å². The highest BCUT2D eigenvalue weighted by molar-refractivity contribution is 5.93. The zero-order valence-electron chi connectivity index (χ0n) is 11.7. The molecule has 0 amide bonds. The Balaban J connectivity index is 2.12. The van der Waals surface area contributed by atoms with Gasteiger partial charge in [-0.05, 0) is 17.5 Å². The number of benzene rings is 1. The summed E-state index contributed by atoms with van der Waals surface area (Å²) in [7, 11) is 0. The van der Waals surface area contributed by atoms with Gasteiger partial charge in [-0.25, -0.2) is 0 Å². The van der Waals surface area contributed by atoms with E-state index >= 15 is 0 Å². The highest BCUT2D eigenvalue weighted by Gasteiger charge is 2.15. The molecule has 0 spiro atoms. The summed E-state index contributed by atoms with van der Waals surface area (Å²) in [5.41, 5.74) is 3.83. The van der Waals surface area contributed by atoms with Gasteiger partial charge in [-0.1, -0.05) is 32.0 Å². The number of fused-ring (bicyclic) bond motifs is 1. The maximum Gasteiger partial charge on any atom is 0.0757 e. The molecule has 0 unspecified atom stereocenters. The van der Waals surface area contributed by atoms with Gasteiger partial charge < -0.3 is 10.2 Å². The topological polar surface area (TPSA) is 28.2 Å². The van der Waals surface area contributed by atoms with Crippen LogP contribution in [0.1, 0.15) is 25.3 Å². The summed E-state index contributed by atoms with van der Waals surface area (Å²) in [6.07, 6.45) is 1.95. The van der Waals surface area contributed by atoms with Crippen LogP contribution in [0.4, 0.5) is 5.69 Å². The summed E-state index contributed by atoms with van der Waals surface area (Å²) in [6.45, 7) is 8.74. The Morgan fingerprint density at radius 1 is 1.16 bits per heavy atom. The average Bonchev–Trinajstić information content (AvgIpc) is 2.46. The molecule has 1 aliphatic heterocycles. The SMILES string of the molecule is CC(C)c1cccc2c(N3CCNCC3)ccnc12. The molecule has 1 saturated heterocycles. The largest absolute Gasteiger partial charge is 0.368 e. The van der Waals surface area contributed by atoms with Gasteiger partial charge in [0.05, 0.1) is 5.52 Å². The summed E-state index contributed by atoms with van der Waals surface area (Å²) in [5.74, 6) is 0.509. The van der Waals surface area contributed by atoms with Crippen LogP contribution >= 0.6 is 0 Å². The lowest BCUT2D eigenvalue weighted by molar-refractivity contribution is 0.590. The molecule has 1 N–H and O–H groups in total. The summed E-state index contributed by atoms with van der Waals surface area (Å²) in [4.78, 5) is 7.08. The number of hydrogen-bond donors (Lipinski definition) is 1. The lowest BCUT2D eigenvalue weighted by Crippen LogP contribution is -2.43. The van der Waals surface area contributed by atoms with Gasteiger partial charge in [0.15, 0.2) is 0 Å². The van der Waals surface area contributed by atoms with Gasteiger partial charge in [-0.3, -0.25) is 4.98 Å². The Morgan fingerprint density at radius 2 is 1.95 bits per heavy atom. The van der Waals surface area contributed by atoms with Crippen molar-refractivity contribution in [3.8, 4) is 0 Å². The van der Waals surface area contributed by atoms with E-state index in [9.17, 15) is 0 Å². The molecule has 0 aliphatic carbocycles. The second-order valence-electron chi connectivity index (χ2n) is 5.47. The van der Waals surface area contributed by atoms with E-state index in [1.54, 1.807) is 0 Å². The van der Waals surface area contributed by atoms with E-state index < -0.39 is 0 Å². The fourth-order valence-corrected chi connectivity index (χ4v) is 2.83. The first-order valence-electron chi connectivity index (χ1n) is 7.10. The number of pyridine rings is 1. The molecule has 19 heavy (non-hydrogen) atoms. The van der Waals surface area contributed by atoms with Crippen molar-refractivity contribution in [1.29, 1.82) is 0 Å². The van der Waals surface area contributed by atoms with Crippen LogP contribution in [0.2, 0.25) is 0 Å². The van der Waals surface area contributed by atoms with E-state index in [2.05, 4.69) is 53.3 Å². The maximum atomic E-state index is 4.62. The first kappa shape index (κ1) is 12.4. The molecule has 100 valence electrons. The lowest BCUT2D eigenvalue weighted by atomic mass is 9.99. The molecule has 1 aliphatic rings. The number of nitrogens with one attached hydrogen (secondary N) is 1. The first-order chi connectivity index (χ1) is 9.27. The quantitative estimate of drug-likeness (QED) is 0.894. The zero-order valence-corrected chi connectivity index (χ0v) is 11.7. The molecule has 3 nitrogen and oxygen atoms in total. The third kappa shape index (κ3) is 2.30. The second kappa shape index (κ2) is 5.17. The molecule has 1 aromatic heterocycles. The summed E-state index contributed by atoms with van der Waals surface area (Å²) < 4.78 is 0. The van der Waals surface area contributed by atoms with Gasteiger partial charge in [-0.2, -0.15) is 0 Å². The van der Waals surface area contributed by atoms with E-state index in [-0.39, 0.29) is 0 Å². The van der Waals surface area contributed by atoms with Gasteiger partial charge in [0.2, 0.25) is 0 Å². The number of anilines is 1. The van der Waals surface area contributed by atoms with Crippen molar-refractivity contribution in [1.82, 2.24) is 10.3 Å². The van der Waals surface area contributed by atoms with E-state index in [4.69, 9.17) is 0 Å². The van der Waals surface area contributed by atoms with Gasteiger partial charge in [-0.15, -0.1) is 0 Å². The Labute approximate surface area is 114 Å². The lowest BCUT2D eigenvalue weighted by Gasteiger charge is -2.30. The normalized spacial score (nSPS) is 16.3. The van der Waals surface area contributed by atoms with Crippen LogP contribution in [0, 0.1) is 0 Å². The third-order valence-corrected chi connectivity index (χ3v) is 3.86. The Morgan fingerprint density at radius 3 is 2.68 bits per heavy atom. The zero-order chi connectivity index (χ0) is 13.2. The predicted octanol–water partition coefficient (Wildman–Crippen LogP) is 2.77. The number of hydrogen-bond acceptors (Lipinski definition) is 3. The standard InChI is InChI=1S/C16H21N3/c1-12(2)13-4-3-5-14-15(6-7-18-16(13)14)19-10-8-17-9-11-19/h3-7,12,17H,8-11H2,1-2H3. The molecule has 1 fully saturated rings. The molecular formula is C16H21N3. The Kier molecular flexibility index (Phi) is 3.38. The molecule has 0 saturated carbocycles. The number of aromatic nitrogens is 1. The molecule has 3 rings (SSSR count). The summed E-state index contributed by atoms with van der Waals surface area (Å²) in [5, 5.41) is 4.69. The van der Waals surface area contributed by atoms with Gasteiger partial charge in [0.1, 0.15) is 0 Å². The van der Waals surface area contributed by atoms with E-state index in [1.807, 2.05) is 6.20 Å². The number of piperazine rings is 1. The monoisotopic (exact) mass is 255 g/mol. The van der Waals surface area contributed by atoms with Crippen molar-refractivity contribution in [2.75, 3.05) is 31.1 Å². The van der Waals surface area contributed by atoms with E-state index in [1.165, 1.54) is 16.6 Å². The van der Waals surface area contributed by atoms with E-state index in [0.717, 1.165) is 31.7 Å². The fraction of sp³-hybridized carbons (Fsp3) is 0.438. The highest BCUT2D eigenvalue weighted by atomic mass is 15.2. The minimum absolute atomic E-state index is 0.509. The number of para-hydroxylation sites is 1. The van der Waals surface area contributed by atoms with Crippen LogP contribution in [-0.4, -0.2) is 31.2 Å². The molecule has 0 bridgehead atoms. The van der Waals surface area contributed by atoms with Gasteiger partial charge in [0.25, 0.3) is 0 Å². The molecule has 0 atom stereocenters. The molecule has 3 heteroatoms. The fourth-order valence-electron chi connectivity index (χ4n) is 2.83. The first-order valence-corrected chi connectivity index (χ1v) is 7.10. The van der Waals surface area contributed by atoms with Crippen molar-refractivity contribution in [2.45, 2.75) is 19.8 Å². The predicted molar refractivity (Wildman–Crippen MR) is 80.9 cm³/mol. The van der Waals surface area contributed by atoms with Gasteiger partial charge in [0, 0.05) is 43.4 Å². The van der Waals surface area contributed by atoms with Crippen molar-refractivity contribution < 1.29 is 0 Å². The Hall–Kier alpha value is -1.61. The minimum Gasteiger partial charge on any atom is -0.368 e. The van der Waals surface area contributed by atoms with Crippen LogP contribution in [0.3, 0.4) is 0 Å².